The fraction of sp³-hybridized carbons (Fsp3) is 0.500. The minimum Gasteiger partial charge on any atom is -0.326 e. The zero-order valence-corrected chi connectivity index (χ0v) is 17.0. The summed E-state index contributed by atoms with van der Waals surface area (Å²) >= 11 is 13.8. The van der Waals surface area contributed by atoms with Gasteiger partial charge in [-0.2, -0.15) is 0 Å². The number of aromatic nitrogens is 1. The molecule has 2 heterocycles. The summed E-state index contributed by atoms with van der Waals surface area (Å²) in [6.45, 7) is 4.74. The predicted octanol–water partition coefficient (Wildman–Crippen LogP) is 5.77. The molecule has 3 unspecified atom stereocenters. The maximum absolute atomic E-state index is 12.7. The number of hydrogen-bond donors (Lipinski definition) is 0. The lowest BCUT2D eigenvalue weighted by Gasteiger charge is -2.16. The second-order valence-electron chi connectivity index (χ2n) is 8.29. The van der Waals surface area contributed by atoms with Crippen LogP contribution in [-0.2, 0) is 0 Å². The number of nitrogens with zero attached hydrogens (tertiary/aromatic N) is 2. The Kier molecular flexibility index (Phi) is 3.73. The van der Waals surface area contributed by atoms with Gasteiger partial charge in [0.05, 0.1) is 22.1 Å². The topological polar surface area (TPSA) is 33.0 Å². The molecule has 5 rings (SSSR count). The highest BCUT2D eigenvalue weighted by Gasteiger charge is 2.74. The fourth-order valence-corrected chi connectivity index (χ4v) is 5.58. The van der Waals surface area contributed by atoms with E-state index >= 15 is 0 Å². The molecular formula is C20H20Cl2N2OS. The van der Waals surface area contributed by atoms with Crippen molar-refractivity contribution >= 4 is 40.4 Å². The molecule has 2 aliphatic carbocycles. The zero-order valence-electron chi connectivity index (χ0n) is 14.7. The number of thiazole rings is 1. The van der Waals surface area contributed by atoms with Crippen LogP contribution in [0.4, 0.5) is 0 Å². The van der Waals surface area contributed by atoms with Crippen molar-refractivity contribution in [3.05, 3.63) is 39.3 Å². The molecule has 2 aromatic rings. The Hall–Kier alpha value is -1.10. The Morgan fingerprint density at radius 1 is 1.38 bits per heavy atom. The Balaban J connectivity index is 1.21. The van der Waals surface area contributed by atoms with E-state index in [1.54, 1.807) is 6.07 Å². The SMILES string of the molecule is CC1C[C@@]1(C)CCC1C2[C@@H]1N2C(=O)c1csc(-c2cccc(Cl)c2Cl)n1. The van der Waals surface area contributed by atoms with Crippen molar-refractivity contribution < 1.29 is 4.79 Å². The van der Waals surface area contributed by atoms with E-state index in [4.69, 9.17) is 23.2 Å². The third-order valence-corrected chi connectivity index (χ3v) is 8.32. The van der Waals surface area contributed by atoms with Crippen LogP contribution in [0.3, 0.4) is 0 Å². The molecule has 0 bridgehead atoms. The van der Waals surface area contributed by atoms with Gasteiger partial charge in [0.25, 0.3) is 5.91 Å². The molecule has 136 valence electrons. The monoisotopic (exact) mass is 406 g/mol. The van der Waals surface area contributed by atoms with Crippen molar-refractivity contribution in [2.45, 2.75) is 45.2 Å². The summed E-state index contributed by atoms with van der Waals surface area (Å²) < 4.78 is 0. The van der Waals surface area contributed by atoms with Gasteiger partial charge in [-0.15, -0.1) is 11.3 Å². The largest absolute Gasteiger partial charge is 0.326 e. The van der Waals surface area contributed by atoms with E-state index in [9.17, 15) is 4.79 Å². The first kappa shape index (κ1) is 17.0. The molecule has 0 spiro atoms. The van der Waals surface area contributed by atoms with Gasteiger partial charge in [-0.1, -0.05) is 49.2 Å². The van der Waals surface area contributed by atoms with Gasteiger partial charge in [-0.25, -0.2) is 4.98 Å². The lowest BCUT2D eigenvalue weighted by Crippen LogP contribution is -2.25. The van der Waals surface area contributed by atoms with E-state index < -0.39 is 0 Å². The summed E-state index contributed by atoms with van der Waals surface area (Å²) in [5.41, 5.74) is 1.88. The number of hydrogen-bond acceptors (Lipinski definition) is 3. The van der Waals surface area contributed by atoms with Crippen molar-refractivity contribution in [2.24, 2.45) is 17.3 Å². The van der Waals surface area contributed by atoms with Crippen molar-refractivity contribution in [3.63, 3.8) is 0 Å². The molecular weight excluding hydrogens is 387 g/mol. The van der Waals surface area contributed by atoms with Gasteiger partial charge >= 0.3 is 0 Å². The smallest absolute Gasteiger partial charge is 0.274 e. The van der Waals surface area contributed by atoms with Crippen LogP contribution in [0.5, 0.6) is 0 Å². The van der Waals surface area contributed by atoms with E-state index in [-0.39, 0.29) is 5.91 Å². The molecule has 6 heteroatoms. The molecule has 3 aliphatic rings. The minimum atomic E-state index is 0.0582. The average Bonchev–Trinajstić information content (AvgIpc) is 3.53. The number of rotatable bonds is 5. The van der Waals surface area contributed by atoms with E-state index in [2.05, 4.69) is 18.8 Å². The number of halogens is 2. The third kappa shape index (κ3) is 2.61. The number of benzene rings is 1. The van der Waals surface area contributed by atoms with Crippen LogP contribution in [0.25, 0.3) is 10.6 Å². The van der Waals surface area contributed by atoms with E-state index in [1.165, 1.54) is 30.6 Å². The Morgan fingerprint density at radius 2 is 2.12 bits per heavy atom. The molecule has 26 heavy (non-hydrogen) atoms. The van der Waals surface area contributed by atoms with Crippen LogP contribution in [0.2, 0.25) is 10.0 Å². The first-order valence-corrected chi connectivity index (χ1v) is 10.8. The van der Waals surface area contributed by atoms with Gasteiger partial charge in [-0.05, 0) is 36.7 Å². The van der Waals surface area contributed by atoms with Gasteiger partial charge in [-0.3, -0.25) is 4.79 Å². The highest BCUT2D eigenvalue weighted by Crippen LogP contribution is 2.63. The van der Waals surface area contributed by atoms with Crippen LogP contribution in [0, 0.1) is 17.3 Å². The molecule has 1 aromatic heterocycles. The summed E-state index contributed by atoms with van der Waals surface area (Å²) in [4.78, 5) is 19.2. The van der Waals surface area contributed by atoms with Gasteiger partial charge < -0.3 is 4.90 Å². The number of carbonyl (C=O) groups is 1. The number of carbonyl (C=O) groups excluding carboxylic acids is 1. The summed E-state index contributed by atoms with van der Waals surface area (Å²) in [6, 6.07) is 6.42. The lowest BCUT2D eigenvalue weighted by molar-refractivity contribution is 0.0810. The van der Waals surface area contributed by atoms with Crippen LogP contribution < -0.4 is 0 Å². The standard InChI is InChI=1S/C20H20Cl2N2OS/c1-10-8-20(10,2)7-6-12-16-17(12)24(16)19(25)14-9-26-18(23-14)11-4-3-5-13(21)15(11)22/h3-5,9-10,12,16-17H,6-8H2,1-2H3/t10?,12?,16-,17?,20-,24?/m1/s1. The maximum atomic E-state index is 12.7. The van der Waals surface area contributed by atoms with Crippen molar-refractivity contribution in [2.75, 3.05) is 0 Å². The van der Waals surface area contributed by atoms with E-state index in [0.717, 1.165) is 22.4 Å². The highest BCUT2D eigenvalue weighted by atomic mass is 35.5. The minimum absolute atomic E-state index is 0.0582. The fourth-order valence-electron chi connectivity index (χ4n) is 4.31. The third-order valence-electron chi connectivity index (χ3n) is 6.63. The number of fused-ring (bicyclic) bond motifs is 1. The van der Waals surface area contributed by atoms with Gasteiger partial charge in [0.15, 0.2) is 0 Å². The molecule has 1 aromatic carbocycles. The van der Waals surface area contributed by atoms with Crippen LogP contribution >= 0.6 is 34.5 Å². The second-order valence-corrected chi connectivity index (χ2v) is 9.94. The molecule has 3 fully saturated rings. The van der Waals surface area contributed by atoms with Crippen molar-refractivity contribution in [1.82, 2.24) is 9.88 Å². The molecule has 2 saturated carbocycles. The predicted molar refractivity (Wildman–Crippen MR) is 106 cm³/mol. The van der Waals surface area contributed by atoms with E-state index in [0.29, 0.717) is 33.2 Å². The highest BCUT2D eigenvalue weighted by molar-refractivity contribution is 7.13. The summed E-state index contributed by atoms with van der Waals surface area (Å²) in [6.07, 6.45) is 3.94. The average molecular weight is 407 g/mol. The summed E-state index contributed by atoms with van der Waals surface area (Å²) in [5, 5.41) is 3.55. The van der Waals surface area contributed by atoms with Gasteiger partial charge in [0.2, 0.25) is 0 Å². The quantitative estimate of drug-likeness (QED) is 0.590. The first-order valence-electron chi connectivity index (χ1n) is 9.13. The number of likely N-dealkylation sites (tertiary alicyclic amines) is 1. The molecule has 1 saturated heterocycles. The summed E-state index contributed by atoms with van der Waals surface area (Å²) in [7, 11) is 0. The zero-order chi connectivity index (χ0) is 18.2. The Morgan fingerprint density at radius 3 is 2.81 bits per heavy atom. The molecule has 3 nitrogen and oxygen atoms in total. The van der Waals surface area contributed by atoms with Crippen molar-refractivity contribution in [3.8, 4) is 10.6 Å². The molecule has 1 amide bonds. The van der Waals surface area contributed by atoms with Crippen LogP contribution in [0.1, 0.15) is 43.6 Å². The van der Waals surface area contributed by atoms with Gasteiger partial charge in [0.1, 0.15) is 10.7 Å². The molecule has 5 atom stereocenters. The maximum Gasteiger partial charge on any atom is 0.274 e. The normalized spacial score (nSPS) is 33.8. The Bertz CT molecular complexity index is 903. The lowest BCUT2D eigenvalue weighted by atomic mass is 9.97. The first-order chi connectivity index (χ1) is 12.4. The molecule has 0 radical (unpaired) electrons. The summed E-state index contributed by atoms with van der Waals surface area (Å²) in [5.74, 6) is 1.66. The number of amides is 1. The Labute approximate surface area is 167 Å². The van der Waals surface area contributed by atoms with Gasteiger partial charge in [0, 0.05) is 16.9 Å². The van der Waals surface area contributed by atoms with Crippen molar-refractivity contribution in [1.29, 1.82) is 0 Å². The van der Waals surface area contributed by atoms with Crippen LogP contribution in [-0.4, -0.2) is 27.9 Å². The molecule has 1 aliphatic heterocycles. The van der Waals surface area contributed by atoms with Crippen LogP contribution in [0.15, 0.2) is 23.6 Å². The second kappa shape index (κ2) is 5.70. The molecule has 0 N–H and O–H groups in total. The van der Waals surface area contributed by atoms with E-state index in [1.807, 2.05) is 22.4 Å².